The summed E-state index contributed by atoms with van der Waals surface area (Å²) in [6.45, 7) is 12.2. The fourth-order valence-corrected chi connectivity index (χ4v) is 2.99. The van der Waals surface area contributed by atoms with Gasteiger partial charge in [-0.15, -0.1) is 13.2 Å². The molecular weight excluding hydrogens is 212 g/mol. The van der Waals surface area contributed by atoms with Crippen LogP contribution in [-0.2, 0) is 9.47 Å². The van der Waals surface area contributed by atoms with Gasteiger partial charge in [-0.25, -0.2) is 0 Å². The molecular formula is C15H24O2. The summed E-state index contributed by atoms with van der Waals surface area (Å²) in [6, 6.07) is 0. The Morgan fingerprint density at radius 2 is 1.35 bits per heavy atom. The molecule has 4 unspecified atom stereocenters. The molecule has 2 aliphatic rings. The maximum Gasteiger partial charge on any atom is 0.0614 e. The highest BCUT2D eigenvalue weighted by Gasteiger charge is 2.38. The van der Waals surface area contributed by atoms with E-state index in [2.05, 4.69) is 27.0 Å². The van der Waals surface area contributed by atoms with Gasteiger partial charge in [0.25, 0.3) is 0 Å². The summed E-state index contributed by atoms with van der Waals surface area (Å²) in [6.07, 6.45) is 9.96. The first-order valence-corrected chi connectivity index (χ1v) is 6.65. The number of hydrogen-bond acceptors (Lipinski definition) is 2. The Balaban J connectivity index is 1.89. The lowest BCUT2D eigenvalue weighted by atomic mass is 9.74. The van der Waals surface area contributed by atoms with Gasteiger partial charge < -0.3 is 9.47 Å². The summed E-state index contributed by atoms with van der Waals surface area (Å²) in [5.41, 5.74) is -0.0182. The molecule has 2 rings (SSSR count). The molecule has 2 nitrogen and oxygen atoms in total. The largest absolute Gasteiger partial charge is 0.375 e. The van der Waals surface area contributed by atoms with E-state index in [4.69, 9.17) is 9.47 Å². The molecule has 2 heterocycles. The van der Waals surface area contributed by atoms with Crippen molar-refractivity contribution in [2.24, 2.45) is 5.41 Å². The molecule has 4 atom stereocenters. The van der Waals surface area contributed by atoms with Crippen LogP contribution >= 0.6 is 0 Å². The van der Waals surface area contributed by atoms with Crippen LogP contribution in [0.5, 0.6) is 0 Å². The van der Waals surface area contributed by atoms with Crippen LogP contribution < -0.4 is 0 Å². The predicted octanol–water partition coefficient (Wildman–Crippen LogP) is 3.48. The second-order valence-corrected chi connectivity index (χ2v) is 5.66. The third kappa shape index (κ3) is 2.80. The first-order valence-electron chi connectivity index (χ1n) is 6.65. The molecule has 0 aromatic rings. The summed E-state index contributed by atoms with van der Waals surface area (Å²) in [5.74, 6) is 0. The van der Waals surface area contributed by atoms with Gasteiger partial charge in [-0.2, -0.15) is 0 Å². The third-order valence-corrected chi connectivity index (χ3v) is 4.07. The molecule has 2 fully saturated rings. The van der Waals surface area contributed by atoms with Gasteiger partial charge in [-0.1, -0.05) is 12.2 Å². The molecule has 96 valence electrons. The Morgan fingerprint density at radius 1 is 1.00 bits per heavy atom. The monoisotopic (exact) mass is 236 g/mol. The van der Waals surface area contributed by atoms with Crippen LogP contribution in [-0.4, -0.2) is 24.4 Å². The lowest BCUT2D eigenvalue weighted by molar-refractivity contribution is -0.144. The summed E-state index contributed by atoms with van der Waals surface area (Å²) in [7, 11) is 0. The predicted molar refractivity (Wildman–Crippen MR) is 70.0 cm³/mol. The van der Waals surface area contributed by atoms with E-state index in [1.807, 2.05) is 12.2 Å². The summed E-state index contributed by atoms with van der Waals surface area (Å²) >= 11 is 0. The van der Waals surface area contributed by atoms with Gasteiger partial charge in [0.15, 0.2) is 0 Å². The minimum atomic E-state index is -0.0182. The van der Waals surface area contributed by atoms with Crippen LogP contribution in [0.3, 0.4) is 0 Å². The molecule has 0 N–H and O–H groups in total. The van der Waals surface area contributed by atoms with Crippen molar-refractivity contribution in [1.82, 2.24) is 0 Å². The SMILES string of the molecule is C=CC(C=C)(CC1CC(C)O1)CC1CC(C)O1. The highest BCUT2D eigenvalue weighted by Crippen LogP contribution is 2.41. The molecule has 0 bridgehead atoms. The Labute approximate surface area is 105 Å². The van der Waals surface area contributed by atoms with Crippen molar-refractivity contribution in [2.75, 3.05) is 0 Å². The molecule has 0 spiro atoms. The molecule has 0 amide bonds. The normalized spacial score (nSPS) is 36.8. The van der Waals surface area contributed by atoms with E-state index in [-0.39, 0.29) is 5.41 Å². The average Bonchev–Trinajstić information content (AvgIpc) is 2.23. The first kappa shape index (κ1) is 12.8. The number of rotatable bonds is 6. The van der Waals surface area contributed by atoms with E-state index in [1.54, 1.807) is 0 Å². The maximum absolute atomic E-state index is 5.72. The average molecular weight is 236 g/mol. The van der Waals surface area contributed by atoms with E-state index in [9.17, 15) is 0 Å². The fourth-order valence-electron chi connectivity index (χ4n) is 2.99. The zero-order valence-electron chi connectivity index (χ0n) is 11.0. The Morgan fingerprint density at radius 3 is 1.59 bits per heavy atom. The molecule has 17 heavy (non-hydrogen) atoms. The van der Waals surface area contributed by atoms with Gasteiger partial charge in [-0.05, 0) is 39.5 Å². The Kier molecular flexibility index (Phi) is 3.74. The fraction of sp³-hybridized carbons (Fsp3) is 0.733. The van der Waals surface area contributed by atoms with Gasteiger partial charge in [-0.3, -0.25) is 0 Å². The van der Waals surface area contributed by atoms with Crippen molar-refractivity contribution < 1.29 is 9.47 Å². The van der Waals surface area contributed by atoms with Crippen LogP contribution in [0.15, 0.2) is 25.3 Å². The second-order valence-electron chi connectivity index (χ2n) is 5.66. The maximum atomic E-state index is 5.72. The lowest BCUT2D eigenvalue weighted by Crippen LogP contribution is -2.43. The summed E-state index contributed by atoms with van der Waals surface area (Å²) in [5, 5.41) is 0. The van der Waals surface area contributed by atoms with Crippen molar-refractivity contribution in [3.05, 3.63) is 25.3 Å². The van der Waals surface area contributed by atoms with Gasteiger partial charge >= 0.3 is 0 Å². The van der Waals surface area contributed by atoms with Gasteiger partial charge in [0.2, 0.25) is 0 Å². The lowest BCUT2D eigenvalue weighted by Gasteiger charge is -2.43. The minimum Gasteiger partial charge on any atom is -0.375 e. The van der Waals surface area contributed by atoms with Crippen molar-refractivity contribution in [3.8, 4) is 0 Å². The first-order chi connectivity index (χ1) is 8.07. The smallest absolute Gasteiger partial charge is 0.0614 e. The van der Waals surface area contributed by atoms with E-state index in [0.717, 1.165) is 25.7 Å². The summed E-state index contributed by atoms with van der Waals surface area (Å²) < 4.78 is 11.4. The van der Waals surface area contributed by atoms with Gasteiger partial charge in [0, 0.05) is 5.41 Å². The zero-order chi connectivity index (χ0) is 12.5. The molecule has 2 aliphatic heterocycles. The molecule has 0 saturated carbocycles. The van der Waals surface area contributed by atoms with Crippen LogP contribution in [0.2, 0.25) is 0 Å². The highest BCUT2D eigenvalue weighted by atomic mass is 16.5. The van der Waals surface area contributed by atoms with Crippen LogP contribution in [0, 0.1) is 5.41 Å². The second kappa shape index (κ2) is 4.95. The van der Waals surface area contributed by atoms with E-state index >= 15 is 0 Å². The van der Waals surface area contributed by atoms with Crippen LogP contribution in [0.4, 0.5) is 0 Å². The highest BCUT2D eigenvalue weighted by molar-refractivity contribution is 5.10. The molecule has 2 heteroatoms. The van der Waals surface area contributed by atoms with Crippen molar-refractivity contribution in [1.29, 1.82) is 0 Å². The molecule has 0 radical (unpaired) electrons. The number of hydrogen-bond donors (Lipinski definition) is 0. The zero-order valence-corrected chi connectivity index (χ0v) is 11.0. The molecule has 0 aromatic heterocycles. The van der Waals surface area contributed by atoms with Crippen molar-refractivity contribution in [3.63, 3.8) is 0 Å². The minimum absolute atomic E-state index is 0.0182. The number of allylic oxidation sites excluding steroid dienone is 2. The molecule has 2 saturated heterocycles. The van der Waals surface area contributed by atoms with Crippen molar-refractivity contribution in [2.45, 2.75) is 63.9 Å². The Bertz CT molecular complexity index is 255. The standard InChI is InChI=1S/C15H24O2/c1-5-15(6-2,9-13-7-11(3)16-13)10-14-8-12(4)17-14/h5-6,11-14H,1-2,7-10H2,3-4H3. The third-order valence-electron chi connectivity index (χ3n) is 4.07. The van der Waals surface area contributed by atoms with Gasteiger partial charge in [0.1, 0.15) is 0 Å². The Hall–Kier alpha value is -0.600. The van der Waals surface area contributed by atoms with Crippen LogP contribution in [0.25, 0.3) is 0 Å². The molecule has 0 aromatic carbocycles. The summed E-state index contributed by atoms with van der Waals surface area (Å²) in [4.78, 5) is 0. The van der Waals surface area contributed by atoms with Crippen LogP contribution in [0.1, 0.15) is 39.5 Å². The number of ether oxygens (including phenoxy) is 2. The topological polar surface area (TPSA) is 18.5 Å². The van der Waals surface area contributed by atoms with E-state index in [0.29, 0.717) is 24.4 Å². The molecule has 0 aliphatic carbocycles. The van der Waals surface area contributed by atoms with E-state index in [1.165, 1.54) is 0 Å². The quantitative estimate of drug-likeness (QED) is 0.657. The van der Waals surface area contributed by atoms with Crippen molar-refractivity contribution >= 4 is 0 Å². The van der Waals surface area contributed by atoms with E-state index < -0.39 is 0 Å². The van der Waals surface area contributed by atoms with Gasteiger partial charge in [0.05, 0.1) is 24.4 Å².